The first-order valence-electron chi connectivity index (χ1n) is 5.09. The van der Waals surface area contributed by atoms with Gasteiger partial charge >= 0.3 is 5.97 Å². The number of hydrogen-bond acceptors (Lipinski definition) is 2. The number of nitrogens with zero attached hydrogens (tertiary/aromatic N) is 2. The Kier molecular flexibility index (Phi) is 4.53. The zero-order chi connectivity index (χ0) is 13.7. The predicted octanol–water partition coefficient (Wildman–Crippen LogP) is 3.09. The summed E-state index contributed by atoms with van der Waals surface area (Å²) in [5.74, 6) is -1.83. The maximum Gasteiger partial charge on any atom is 0.339 e. The van der Waals surface area contributed by atoms with Crippen LogP contribution in [0.2, 0.25) is 0 Å². The van der Waals surface area contributed by atoms with E-state index in [0.717, 1.165) is 23.0 Å². The molecule has 96 valence electrons. The van der Waals surface area contributed by atoms with Gasteiger partial charge in [0.15, 0.2) is 0 Å². The molecule has 0 atom stereocenters. The molecule has 0 spiro atoms. The van der Waals surface area contributed by atoms with E-state index in [2.05, 4.69) is 5.10 Å². The number of halogens is 2. The van der Waals surface area contributed by atoms with E-state index in [1.807, 2.05) is 0 Å². The van der Waals surface area contributed by atoms with Gasteiger partial charge < -0.3 is 5.11 Å². The van der Waals surface area contributed by atoms with Crippen LogP contribution in [0.3, 0.4) is 0 Å². The van der Waals surface area contributed by atoms with Crippen LogP contribution in [0, 0.1) is 6.92 Å². The summed E-state index contributed by atoms with van der Waals surface area (Å²) >= 11 is 0. The average molecular weight is 254 g/mol. The highest BCUT2D eigenvalue weighted by Gasteiger charge is 2.14. The van der Waals surface area contributed by atoms with Gasteiger partial charge in [-0.15, -0.1) is 0 Å². The van der Waals surface area contributed by atoms with Gasteiger partial charge in [0.2, 0.25) is 0 Å². The summed E-state index contributed by atoms with van der Waals surface area (Å²) in [7, 11) is 0. The summed E-state index contributed by atoms with van der Waals surface area (Å²) in [4.78, 5) is 10.8. The first kappa shape index (κ1) is 13.8. The molecule has 0 saturated carbocycles. The van der Waals surface area contributed by atoms with Crippen molar-refractivity contribution in [3.8, 4) is 0 Å². The molecule has 1 aromatic heterocycles. The van der Waals surface area contributed by atoms with Crippen LogP contribution in [0.4, 0.5) is 8.78 Å². The largest absolute Gasteiger partial charge is 0.478 e. The minimum absolute atomic E-state index is 0.0609. The molecule has 0 fully saturated rings. The Balaban J connectivity index is 3.20. The second-order valence-electron chi connectivity index (χ2n) is 3.42. The van der Waals surface area contributed by atoms with Crippen LogP contribution in [-0.4, -0.2) is 20.9 Å². The fourth-order valence-corrected chi connectivity index (χ4v) is 1.37. The van der Waals surface area contributed by atoms with E-state index in [1.165, 1.54) is 13.0 Å². The van der Waals surface area contributed by atoms with Crippen molar-refractivity contribution in [3.05, 3.63) is 47.8 Å². The van der Waals surface area contributed by atoms with Crippen LogP contribution in [-0.2, 0) is 0 Å². The molecule has 0 radical (unpaired) electrons. The third-order valence-corrected chi connectivity index (χ3v) is 2.21. The first-order chi connectivity index (χ1) is 8.51. The molecule has 1 heterocycles. The predicted molar refractivity (Wildman–Crippen MR) is 63.3 cm³/mol. The Labute approximate surface area is 103 Å². The maximum absolute atomic E-state index is 13.2. The molecule has 0 saturated heterocycles. The fraction of sp³-hybridized carbons (Fsp3) is 0.167. The molecule has 18 heavy (non-hydrogen) atoms. The zero-order valence-electron chi connectivity index (χ0n) is 9.89. The molecular formula is C12H12F2N2O2. The summed E-state index contributed by atoms with van der Waals surface area (Å²) in [6.07, 6.45) is 4.78. The normalized spacial score (nSPS) is 13.3. The van der Waals surface area contributed by atoms with Crippen LogP contribution >= 0.6 is 0 Å². The van der Waals surface area contributed by atoms with Gasteiger partial charge in [-0.2, -0.15) is 5.10 Å². The van der Waals surface area contributed by atoms with Crippen molar-refractivity contribution in [2.24, 2.45) is 0 Å². The summed E-state index contributed by atoms with van der Waals surface area (Å²) < 4.78 is 27.0. The molecule has 0 aliphatic heterocycles. The van der Waals surface area contributed by atoms with Gasteiger partial charge in [0.25, 0.3) is 0 Å². The van der Waals surface area contributed by atoms with Crippen molar-refractivity contribution in [2.45, 2.75) is 13.8 Å². The highest BCUT2D eigenvalue weighted by molar-refractivity contribution is 5.89. The summed E-state index contributed by atoms with van der Waals surface area (Å²) in [6, 6.07) is 0. The van der Waals surface area contributed by atoms with Gasteiger partial charge in [-0.1, -0.05) is 6.08 Å². The van der Waals surface area contributed by atoms with Crippen molar-refractivity contribution >= 4 is 11.7 Å². The highest BCUT2D eigenvalue weighted by Crippen LogP contribution is 2.16. The smallest absolute Gasteiger partial charge is 0.339 e. The van der Waals surface area contributed by atoms with Gasteiger partial charge in [0, 0.05) is 6.08 Å². The first-order valence-corrected chi connectivity index (χ1v) is 5.09. The Bertz CT molecular complexity index is 542. The van der Waals surface area contributed by atoms with Crippen molar-refractivity contribution < 1.29 is 18.7 Å². The monoisotopic (exact) mass is 254 g/mol. The Morgan fingerprint density at radius 1 is 1.56 bits per heavy atom. The number of carboxylic acid groups (broad SMARTS) is 1. The molecule has 0 aliphatic rings. The number of rotatable bonds is 4. The molecule has 4 nitrogen and oxygen atoms in total. The zero-order valence-corrected chi connectivity index (χ0v) is 9.89. The number of carbonyl (C=O) groups is 1. The molecule has 0 bridgehead atoms. The van der Waals surface area contributed by atoms with E-state index in [1.54, 1.807) is 6.92 Å². The van der Waals surface area contributed by atoms with Crippen molar-refractivity contribution in [3.63, 3.8) is 0 Å². The van der Waals surface area contributed by atoms with Gasteiger partial charge in [0.1, 0.15) is 17.7 Å². The molecule has 1 aromatic rings. The number of aromatic carboxylic acids is 1. The average Bonchev–Trinajstić information content (AvgIpc) is 2.68. The quantitative estimate of drug-likeness (QED) is 0.840. The van der Waals surface area contributed by atoms with E-state index in [-0.39, 0.29) is 23.3 Å². The second-order valence-corrected chi connectivity index (χ2v) is 3.42. The topological polar surface area (TPSA) is 55.1 Å². The maximum atomic E-state index is 13.2. The fourth-order valence-electron chi connectivity index (χ4n) is 1.37. The summed E-state index contributed by atoms with van der Waals surface area (Å²) in [5, 5.41) is 12.5. The number of carboxylic acids is 1. The van der Waals surface area contributed by atoms with Crippen molar-refractivity contribution in [2.75, 3.05) is 0 Å². The van der Waals surface area contributed by atoms with Crippen LogP contribution in [0.25, 0.3) is 5.70 Å². The van der Waals surface area contributed by atoms with E-state index in [0.29, 0.717) is 0 Å². The number of aromatic nitrogens is 2. The van der Waals surface area contributed by atoms with E-state index in [9.17, 15) is 13.6 Å². The van der Waals surface area contributed by atoms with Crippen LogP contribution in [0.1, 0.15) is 23.0 Å². The minimum atomic E-state index is -1.17. The molecule has 1 N–H and O–H groups in total. The standard InChI is InChI=1S/C12H12F2N2O2/c1-3-4-9(14)5-10(6-13)16-8(2)11(7-15-16)12(17)18/h3-7H,1-2H3,(H,17,18)/b4-3-,9-5+,10-6-. The van der Waals surface area contributed by atoms with Gasteiger partial charge in [-0.05, 0) is 19.9 Å². The lowest BCUT2D eigenvalue weighted by atomic mass is 10.2. The lowest BCUT2D eigenvalue weighted by molar-refractivity contribution is 0.0696. The third kappa shape index (κ3) is 2.91. The summed E-state index contributed by atoms with van der Waals surface area (Å²) in [6.45, 7) is 3.08. The number of hydrogen-bond donors (Lipinski definition) is 1. The van der Waals surface area contributed by atoms with Crippen molar-refractivity contribution in [1.29, 1.82) is 0 Å². The van der Waals surface area contributed by atoms with Crippen LogP contribution in [0.5, 0.6) is 0 Å². The molecule has 0 aromatic carbocycles. The van der Waals surface area contributed by atoms with E-state index < -0.39 is 11.8 Å². The van der Waals surface area contributed by atoms with Gasteiger partial charge in [-0.25, -0.2) is 18.3 Å². The second kappa shape index (κ2) is 5.90. The lowest BCUT2D eigenvalue weighted by Crippen LogP contribution is -2.03. The molecule has 0 aliphatic carbocycles. The highest BCUT2D eigenvalue weighted by atomic mass is 19.1. The van der Waals surface area contributed by atoms with Crippen LogP contribution in [0.15, 0.2) is 36.6 Å². The SMILES string of the molecule is C\C=C/C(F)=C\C(=C\F)n1ncc(C(=O)O)c1C. The summed E-state index contributed by atoms with van der Waals surface area (Å²) in [5.41, 5.74) is -0.0271. The van der Waals surface area contributed by atoms with E-state index >= 15 is 0 Å². The molecule has 6 heteroatoms. The molecule has 1 rings (SSSR count). The molecule has 0 amide bonds. The number of allylic oxidation sites excluding steroid dienone is 5. The molecular weight excluding hydrogens is 242 g/mol. The van der Waals surface area contributed by atoms with Gasteiger partial charge in [0.05, 0.1) is 17.6 Å². The Morgan fingerprint density at radius 2 is 2.22 bits per heavy atom. The molecule has 0 unspecified atom stereocenters. The Morgan fingerprint density at radius 3 is 2.67 bits per heavy atom. The third-order valence-electron chi connectivity index (χ3n) is 2.21. The van der Waals surface area contributed by atoms with Gasteiger partial charge in [-0.3, -0.25) is 0 Å². The van der Waals surface area contributed by atoms with Crippen LogP contribution < -0.4 is 0 Å². The Hall–Kier alpha value is -2.24. The van der Waals surface area contributed by atoms with E-state index in [4.69, 9.17) is 5.11 Å². The van der Waals surface area contributed by atoms with Crippen molar-refractivity contribution in [1.82, 2.24) is 9.78 Å². The minimum Gasteiger partial charge on any atom is -0.478 e. The lowest BCUT2D eigenvalue weighted by Gasteiger charge is -2.03.